The number of sulfonamides is 1. The Labute approximate surface area is 152 Å². The Kier molecular flexibility index (Phi) is 6.85. The Balaban J connectivity index is 1.99. The maximum atomic E-state index is 12.2. The van der Waals surface area contributed by atoms with E-state index < -0.39 is 10.0 Å². The number of anilines is 3. The van der Waals surface area contributed by atoms with Crippen molar-refractivity contribution < 1.29 is 13.2 Å². The minimum absolute atomic E-state index is 0.0699. The minimum atomic E-state index is -3.57. The predicted octanol–water partition coefficient (Wildman–Crippen LogP) is 1.38. The van der Waals surface area contributed by atoms with Crippen LogP contribution < -0.4 is 15.8 Å². The lowest BCUT2D eigenvalue weighted by Gasteiger charge is -2.09. The van der Waals surface area contributed by atoms with Gasteiger partial charge in [-0.25, -0.2) is 18.1 Å². The Hall–Kier alpha value is -2.74. The van der Waals surface area contributed by atoms with E-state index in [2.05, 4.69) is 20.0 Å². The predicted molar refractivity (Wildman–Crippen MR) is 97.2 cm³/mol. The van der Waals surface area contributed by atoms with Gasteiger partial charge in [0.1, 0.15) is 17.5 Å². The number of benzene rings is 1. The van der Waals surface area contributed by atoms with Crippen molar-refractivity contribution in [2.24, 2.45) is 0 Å². The van der Waals surface area contributed by atoms with E-state index in [1.807, 2.05) is 13.0 Å². The molecule has 2 aromatic rings. The minimum Gasteiger partial charge on any atom is -0.382 e. The molecule has 9 nitrogen and oxygen atoms in total. The smallest absolute Gasteiger partial charge is 0.240 e. The van der Waals surface area contributed by atoms with Crippen molar-refractivity contribution in [3.8, 4) is 6.07 Å². The van der Waals surface area contributed by atoms with Gasteiger partial charge >= 0.3 is 0 Å². The maximum Gasteiger partial charge on any atom is 0.240 e. The van der Waals surface area contributed by atoms with Gasteiger partial charge in [0.25, 0.3) is 0 Å². The van der Waals surface area contributed by atoms with Crippen LogP contribution in [0.15, 0.2) is 35.4 Å². The van der Waals surface area contributed by atoms with Gasteiger partial charge in [-0.15, -0.1) is 0 Å². The van der Waals surface area contributed by atoms with Crippen molar-refractivity contribution in [3.63, 3.8) is 0 Å². The maximum absolute atomic E-state index is 12.2. The summed E-state index contributed by atoms with van der Waals surface area (Å²) >= 11 is 0. The molecular weight excluding hydrogens is 356 g/mol. The van der Waals surface area contributed by atoms with Crippen LogP contribution >= 0.6 is 0 Å². The summed E-state index contributed by atoms with van der Waals surface area (Å²) in [5.74, 6) is 0.284. The highest BCUT2D eigenvalue weighted by Gasteiger charge is 2.13. The second-order valence-corrected chi connectivity index (χ2v) is 6.97. The molecule has 0 fully saturated rings. The first-order valence-corrected chi connectivity index (χ1v) is 9.41. The van der Waals surface area contributed by atoms with Crippen molar-refractivity contribution in [2.75, 3.05) is 30.8 Å². The van der Waals surface area contributed by atoms with E-state index in [1.54, 1.807) is 12.1 Å². The summed E-state index contributed by atoms with van der Waals surface area (Å²) in [6, 6.07) is 8.00. The Morgan fingerprint density at radius 3 is 2.65 bits per heavy atom. The van der Waals surface area contributed by atoms with Gasteiger partial charge in [0.2, 0.25) is 16.0 Å². The van der Waals surface area contributed by atoms with Gasteiger partial charge in [-0.2, -0.15) is 10.2 Å². The third kappa shape index (κ3) is 5.38. The molecule has 138 valence electrons. The van der Waals surface area contributed by atoms with Crippen LogP contribution in [-0.2, 0) is 14.8 Å². The van der Waals surface area contributed by atoms with E-state index in [4.69, 9.17) is 15.7 Å². The molecule has 0 saturated carbocycles. The molecule has 1 aromatic heterocycles. The third-order valence-electron chi connectivity index (χ3n) is 3.32. The van der Waals surface area contributed by atoms with E-state index in [-0.39, 0.29) is 22.2 Å². The molecule has 26 heavy (non-hydrogen) atoms. The summed E-state index contributed by atoms with van der Waals surface area (Å²) in [5, 5.41) is 11.7. The monoisotopic (exact) mass is 376 g/mol. The van der Waals surface area contributed by atoms with Gasteiger partial charge < -0.3 is 15.8 Å². The molecule has 0 saturated heterocycles. The first-order chi connectivity index (χ1) is 12.5. The van der Waals surface area contributed by atoms with Crippen LogP contribution in [0.25, 0.3) is 0 Å². The average molecular weight is 376 g/mol. The number of nitrogens with one attached hydrogen (secondary N) is 2. The Morgan fingerprint density at radius 2 is 2.04 bits per heavy atom. The fourth-order valence-electron chi connectivity index (χ4n) is 2.00. The highest BCUT2D eigenvalue weighted by atomic mass is 32.2. The fourth-order valence-corrected chi connectivity index (χ4v) is 3.07. The number of nitriles is 1. The zero-order chi connectivity index (χ0) is 19.0. The molecular formula is C16H20N6O3S. The van der Waals surface area contributed by atoms with Crippen LogP contribution in [0.2, 0.25) is 0 Å². The van der Waals surface area contributed by atoms with Gasteiger partial charge in [0.05, 0.1) is 11.1 Å². The van der Waals surface area contributed by atoms with Crippen LogP contribution in [0.3, 0.4) is 0 Å². The van der Waals surface area contributed by atoms with Gasteiger partial charge in [0, 0.05) is 25.4 Å². The van der Waals surface area contributed by atoms with Crippen molar-refractivity contribution in [3.05, 3.63) is 36.0 Å². The molecule has 0 atom stereocenters. The van der Waals surface area contributed by atoms with E-state index in [0.29, 0.717) is 31.9 Å². The first-order valence-electron chi connectivity index (χ1n) is 7.93. The molecule has 10 heteroatoms. The van der Waals surface area contributed by atoms with Gasteiger partial charge in [0.15, 0.2) is 0 Å². The highest BCUT2D eigenvalue weighted by molar-refractivity contribution is 7.89. The SMILES string of the molecule is CCOCCCNS(=O)(=O)c1ccc(Nc2ncc(C#N)c(N)n2)cc1. The molecule has 0 radical (unpaired) electrons. The van der Waals surface area contributed by atoms with Crippen LogP contribution in [-0.4, -0.2) is 38.1 Å². The topological polar surface area (TPSA) is 143 Å². The molecule has 0 aliphatic rings. The Morgan fingerprint density at radius 1 is 1.31 bits per heavy atom. The normalized spacial score (nSPS) is 11.1. The molecule has 0 unspecified atom stereocenters. The van der Waals surface area contributed by atoms with E-state index in [9.17, 15) is 8.42 Å². The molecule has 0 aliphatic carbocycles. The molecule has 0 amide bonds. The van der Waals surface area contributed by atoms with E-state index in [1.165, 1.54) is 18.3 Å². The van der Waals surface area contributed by atoms with Crippen molar-refractivity contribution in [1.29, 1.82) is 5.26 Å². The van der Waals surface area contributed by atoms with Crippen LogP contribution in [0.1, 0.15) is 18.9 Å². The van der Waals surface area contributed by atoms with Crippen molar-refractivity contribution in [1.82, 2.24) is 14.7 Å². The molecule has 2 rings (SSSR count). The van der Waals surface area contributed by atoms with Crippen LogP contribution in [0.4, 0.5) is 17.5 Å². The number of hydrogen-bond donors (Lipinski definition) is 3. The zero-order valence-electron chi connectivity index (χ0n) is 14.3. The molecule has 4 N–H and O–H groups in total. The number of nitrogens with zero attached hydrogens (tertiary/aromatic N) is 3. The first kappa shape index (κ1) is 19.6. The molecule has 1 aromatic carbocycles. The summed E-state index contributed by atoms with van der Waals surface area (Å²) < 4.78 is 32.1. The number of hydrogen-bond acceptors (Lipinski definition) is 8. The molecule has 0 bridgehead atoms. The third-order valence-corrected chi connectivity index (χ3v) is 4.80. The summed E-state index contributed by atoms with van der Waals surface area (Å²) in [6.45, 7) is 3.31. The lowest BCUT2D eigenvalue weighted by molar-refractivity contribution is 0.146. The number of nitrogen functional groups attached to an aromatic ring is 1. The molecule has 0 spiro atoms. The van der Waals surface area contributed by atoms with Gasteiger partial charge in [-0.1, -0.05) is 0 Å². The Bertz CT molecular complexity index is 878. The highest BCUT2D eigenvalue weighted by Crippen LogP contribution is 2.18. The summed E-state index contributed by atoms with van der Waals surface area (Å²) in [5.41, 5.74) is 6.41. The van der Waals surface area contributed by atoms with E-state index in [0.717, 1.165) is 0 Å². The standard InChI is InChI=1S/C16H20N6O3S/c1-2-25-9-3-8-20-26(23,24)14-6-4-13(5-7-14)21-16-19-11-12(10-17)15(18)22-16/h4-7,11,20H,2-3,8-9H2,1H3,(H3,18,19,21,22). The average Bonchev–Trinajstić information content (AvgIpc) is 2.62. The largest absolute Gasteiger partial charge is 0.382 e. The molecule has 1 heterocycles. The molecule has 0 aliphatic heterocycles. The fraction of sp³-hybridized carbons (Fsp3) is 0.312. The van der Waals surface area contributed by atoms with E-state index >= 15 is 0 Å². The second kappa shape index (κ2) is 9.10. The van der Waals surface area contributed by atoms with Crippen molar-refractivity contribution in [2.45, 2.75) is 18.2 Å². The van der Waals surface area contributed by atoms with Crippen molar-refractivity contribution >= 4 is 27.5 Å². The number of nitrogens with two attached hydrogens (primary N) is 1. The van der Waals surface area contributed by atoms with Gasteiger partial charge in [-0.05, 0) is 37.6 Å². The zero-order valence-corrected chi connectivity index (χ0v) is 15.1. The number of ether oxygens (including phenoxy) is 1. The van der Waals surface area contributed by atoms with Crippen LogP contribution in [0, 0.1) is 11.3 Å². The summed E-state index contributed by atoms with van der Waals surface area (Å²) in [7, 11) is -3.57. The number of rotatable bonds is 9. The van der Waals surface area contributed by atoms with Gasteiger partial charge in [-0.3, -0.25) is 0 Å². The quantitative estimate of drug-likeness (QED) is 0.557. The summed E-state index contributed by atoms with van der Waals surface area (Å²) in [4.78, 5) is 8.09. The van der Waals surface area contributed by atoms with Crippen LogP contribution in [0.5, 0.6) is 0 Å². The lowest BCUT2D eigenvalue weighted by Crippen LogP contribution is -2.25. The number of aromatic nitrogens is 2. The second-order valence-electron chi connectivity index (χ2n) is 5.20. The lowest BCUT2D eigenvalue weighted by atomic mass is 10.3. The summed E-state index contributed by atoms with van der Waals surface area (Å²) in [6.07, 6.45) is 1.92.